The number of amides is 1. The molecule has 0 radical (unpaired) electrons. The molecule has 0 bridgehead atoms. The van der Waals surface area contributed by atoms with Gasteiger partial charge in [0.1, 0.15) is 0 Å². The third-order valence-electron chi connectivity index (χ3n) is 4.41. The fourth-order valence-corrected chi connectivity index (χ4v) is 2.99. The first kappa shape index (κ1) is 15.8. The number of nitrogens with one attached hydrogen (secondary N) is 2. The van der Waals surface area contributed by atoms with Gasteiger partial charge in [-0.05, 0) is 51.6 Å². The van der Waals surface area contributed by atoms with Crippen molar-refractivity contribution < 1.29 is 4.79 Å². The number of nitrogens with zero attached hydrogens (tertiary/aromatic N) is 1. The van der Waals surface area contributed by atoms with Crippen LogP contribution in [0.25, 0.3) is 0 Å². The lowest BCUT2D eigenvalue weighted by Gasteiger charge is -2.39. The van der Waals surface area contributed by atoms with E-state index in [1.807, 2.05) is 0 Å². The van der Waals surface area contributed by atoms with Gasteiger partial charge < -0.3 is 10.6 Å². The minimum Gasteiger partial charge on any atom is -0.352 e. The van der Waals surface area contributed by atoms with Crippen molar-refractivity contribution in [2.75, 3.05) is 19.6 Å². The average molecular weight is 281 g/mol. The minimum atomic E-state index is 0.0155. The molecule has 1 saturated heterocycles. The molecule has 1 aliphatic carbocycles. The van der Waals surface area contributed by atoms with Crippen molar-refractivity contribution >= 4 is 5.91 Å². The second kappa shape index (κ2) is 7.41. The van der Waals surface area contributed by atoms with Gasteiger partial charge in [0.25, 0.3) is 0 Å². The van der Waals surface area contributed by atoms with E-state index in [1.165, 1.54) is 19.3 Å². The molecule has 2 N–H and O–H groups in total. The fourth-order valence-electron chi connectivity index (χ4n) is 2.99. The van der Waals surface area contributed by atoms with Gasteiger partial charge in [0, 0.05) is 18.6 Å². The van der Waals surface area contributed by atoms with Gasteiger partial charge in [-0.2, -0.15) is 0 Å². The lowest BCUT2D eigenvalue weighted by molar-refractivity contribution is -0.127. The summed E-state index contributed by atoms with van der Waals surface area (Å²) in [7, 11) is 0. The Morgan fingerprint density at radius 1 is 1.20 bits per heavy atom. The Kier molecular flexibility index (Phi) is 5.85. The number of piperidine rings is 1. The summed E-state index contributed by atoms with van der Waals surface area (Å²) < 4.78 is 0. The Bertz CT molecular complexity index is 315. The van der Waals surface area contributed by atoms with Gasteiger partial charge >= 0.3 is 0 Å². The predicted octanol–water partition coefficient (Wildman–Crippen LogP) is 1.75. The van der Waals surface area contributed by atoms with Crippen molar-refractivity contribution in [1.29, 1.82) is 0 Å². The summed E-state index contributed by atoms with van der Waals surface area (Å²) in [6, 6.07) is 0.997. The van der Waals surface area contributed by atoms with Crippen LogP contribution in [0.4, 0.5) is 0 Å². The maximum absolute atomic E-state index is 12.2. The fraction of sp³-hybridized carbons (Fsp3) is 0.938. The maximum Gasteiger partial charge on any atom is 0.237 e. The third-order valence-corrected chi connectivity index (χ3v) is 4.41. The summed E-state index contributed by atoms with van der Waals surface area (Å²) in [6.45, 7) is 9.67. The molecule has 0 spiro atoms. The summed E-state index contributed by atoms with van der Waals surface area (Å²) in [5.41, 5.74) is 0. The molecule has 2 unspecified atom stereocenters. The van der Waals surface area contributed by atoms with Crippen molar-refractivity contribution in [2.45, 2.75) is 71.0 Å². The highest BCUT2D eigenvalue weighted by Gasteiger charge is 2.32. The molecule has 116 valence electrons. The topological polar surface area (TPSA) is 44.4 Å². The zero-order valence-corrected chi connectivity index (χ0v) is 13.3. The first-order chi connectivity index (χ1) is 9.58. The lowest BCUT2D eigenvalue weighted by atomic mass is 9.99. The van der Waals surface area contributed by atoms with Gasteiger partial charge in [0.2, 0.25) is 5.91 Å². The highest BCUT2D eigenvalue weighted by atomic mass is 16.2. The maximum atomic E-state index is 12.2. The van der Waals surface area contributed by atoms with Crippen molar-refractivity contribution in [2.24, 2.45) is 5.92 Å². The van der Waals surface area contributed by atoms with E-state index in [2.05, 4.69) is 36.3 Å². The molecule has 0 aromatic heterocycles. The van der Waals surface area contributed by atoms with Gasteiger partial charge in [0.05, 0.1) is 6.04 Å². The molecule has 4 heteroatoms. The summed E-state index contributed by atoms with van der Waals surface area (Å²) in [5.74, 6) is 0.908. The van der Waals surface area contributed by atoms with Crippen molar-refractivity contribution in [1.82, 2.24) is 15.5 Å². The SMILES string of the molecule is CC(C)CNCC1CCCCN1C(C)C(=O)NC1CC1. The van der Waals surface area contributed by atoms with E-state index in [9.17, 15) is 4.79 Å². The van der Waals surface area contributed by atoms with Crippen LogP contribution in [0.1, 0.15) is 52.9 Å². The molecule has 1 heterocycles. The van der Waals surface area contributed by atoms with Crippen LogP contribution in [0.3, 0.4) is 0 Å². The van der Waals surface area contributed by atoms with Crippen molar-refractivity contribution in [3.63, 3.8) is 0 Å². The molecule has 1 saturated carbocycles. The normalized spacial score (nSPS) is 25.7. The van der Waals surface area contributed by atoms with Crippen LogP contribution in [-0.4, -0.2) is 48.6 Å². The summed E-state index contributed by atoms with van der Waals surface area (Å²) >= 11 is 0. The largest absolute Gasteiger partial charge is 0.352 e. The molecule has 1 amide bonds. The third kappa shape index (κ3) is 4.74. The summed E-state index contributed by atoms with van der Waals surface area (Å²) in [6.07, 6.45) is 6.06. The average Bonchev–Trinajstić information content (AvgIpc) is 3.22. The second-order valence-electron chi connectivity index (χ2n) is 6.90. The van der Waals surface area contributed by atoms with Crippen LogP contribution in [-0.2, 0) is 4.79 Å². The number of hydrogen-bond donors (Lipinski definition) is 2. The number of carbonyl (C=O) groups excluding carboxylic acids is 1. The van der Waals surface area contributed by atoms with Crippen LogP contribution < -0.4 is 10.6 Å². The first-order valence-corrected chi connectivity index (χ1v) is 8.34. The molecule has 2 fully saturated rings. The summed E-state index contributed by atoms with van der Waals surface area (Å²) in [5, 5.41) is 6.70. The molecule has 1 aliphatic heterocycles. The van der Waals surface area contributed by atoms with Gasteiger partial charge in [-0.1, -0.05) is 20.3 Å². The van der Waals surface area contributed by atoms with Crippen LogP contribution in [0, 0.1) is 5.92 Å². The Balaban J connectivity index is 1.82. The Labute approximate surface area is 123 Å². The smallest absolute Gasteiger partial charge is 0.237 e. The van der Waals surface area contributed by atoms with Crippen LogP contribution in [0.5, 0.6) is 0 Å². The molecule has 4 nitrogen and oxygen atoms in total. The molecule has 2 rings (SSSR count). The Morgan fingerprint density at radius 3 is 2.60 bits per heavy atom. The standard InChI is InChI=1S/C16H31N3O/c1-12(2)10-17-11-15-6-4-5-9-19(15)13(3)16(20)18-14-7-8-14/h12-15,17H,4-11H2,1-3H3,(H,18,20). The Hall–Kier alpha value is -0.610. The molecule has 20 heavy (non-hydrogen) atoms. The number of carbonyl (C=O) groups is 1. The number of likely N-dealkylation sites (tertiary alicyclic amines) is 1. The van der Waals surface area contributed by atoms with E-state index in [-0.39, 0.29) is 11.9 Å². The van der Waals surface area contributed by atoms with E-state index in [0.717, 1.165) is 32.5 Å². The van der Waals surface area contributed by atoms with E-state index in [1.54, 1.807) is 0 Å². The first-order valence-electron chi connectivity index (χ1n) is 8.34. The molecule has 2 aliphatic rings. The van der Waals surface area contributed by atoms with Crippen molar-refractivity contribution in [3.8, 4) is 0 Å². The number of rotatable bonds is 7. The van der Waals surface area contributed by atoms with E-state index in [0.29, 0.717) is 18.0 Å². The minimum absolute atomic E-state index is 0.0155. The molecule has 0 aromatic rings. The predicted molar refractivity (Wildman–Crippen MR) is 82.7 cm³/mol. The van der Waals surface area contributed by atoms with Gasteiger partial charge in [-0.25, -0.2) is 0 Å². The van der Waals surface area contributed by atoms with E-state index < -0.39 is 0 Å². The second-order valence-corrected chi connectivity index (χ2v) is 6.90. The lowest BCUT2D eigenvalue weighted by Crippen LogP contribution is -2.54. The molecular formula is C16H31N3O. The highest BCUT2D eigenvalue weighted by Crippen LogP contribution is 2.22. The monoisotopic (exact) mass is 281 g/mol. The molecular weight excluding hydrogens is 250 g/mol. The molecule has 0 aromatic carbocycles. The van der Waals surface area contributed by atoms with Crippen LogP contribution in [0.2, 0.25) is 0 Å². The molecule has 2 atom stereocenters. The van der Waals surface area contributed by atoms with Gasteiger partial charge in [-0.3, -0.25) is 9.69 Å². The van der Waals surface area contributed by atoms with Crippen molar-refractivity contribution in [3.05, 3.63) is 0 Å². The zero-order chi connectivity index (χ0) is 14.5. The highest BCUT2D eigenvalue weighted by molar-refractivity contribution is 5.81. The summed E-state index contributed by atoms with van der Waals surface area (Å²) in [4.78, 5) is 14.7. The van der Waals surface area contributed by atoms with E-state index in [4.69, 9.17) is 0 Å². The number of hydrogen-bond acceptors (Lipinski definition) is 3. The van der Waals surface area contributed by atoms with Crippen LogP contribution in [0.15, 0.2) is 0 Å². The quantitative estimate of drug-likeness (QED) is 0.747. The Morgan fingerprint density at radius 2 is 1.95 bits per heavy atom. The van der Waals surface area contributed by atoms with Crippen LogP contribution >= 0.6 is 0 Å². The van der Waals surface area contributed by atoms with E-state index >= 15 is 0 Å². The zero-order valence-electron chi connectivity index (χ0n) is 13.3. The van der Waals surface area contributed by atoms with Gasteiger partial charge in [-0.15, -0.1) is 0 Å². The van der Waals surface area contributed by atoms with Gasteiger partial charge in [0.15, 0.2) is 0 Å².